The Balaban J connectivity index is 1.74. The Morgan fingerprint density at radius 3 is 2.29 bits per heavy atom. The van der Waals surface area contributed by atoms with Gasteiger partial charge >= 0.3 is 11.9 Å². The topological polar surface area (TPSA) is 102 Å². The molecule has 0 N–H and O–H groups in total. The second-order valence-corrected chi connectivity index (χ2v) is 9.07. The van der Waals surface area contributed by atoms with Crippen LogP contribution >= 0.6 is 0 Å². The molecule has 0 fully saturated rings. The molecule has 186 valence electrons. The third-order valence-electron chi connectivity index (χ3n) is 5.03. The molecule has 0 aliphatic carbocycles. The zero-order valence-electron chi connectivity index (χ0n) is 20.4. The summed E-state index contributed by atoms with van der Waals surface area (Å²) in [7, 11) is 0. The first kappa shape index (κ1) is 25.7. The Labute approximate surface area is 204 Å². The molecule has 9 heteroatoms. The molecule has 0 atom stereocenters. The molecule has 0 spiro atoms. The van der Waals surface area contributed by atoms with Gasteiger partial charge in [-0.1, -0.05) is 18.2 Å². The highest BCUT2D eigenvalue weighted by atomic mass is 16.6. The standard InChI is InChI=1S/C26H30N2O7/c1-18(29)33-13-14-34-21-11-9-19(10-12-21)25(32)28-16-23(30)27(17-24(31)35-26(2,3)4)15-20-7-5-6-8-22(20)28/h5-12H,13-17H2,1-4H3. The molecule has 0 bridgehead atoms. The predicted octanol–water partition coefficient (Wildman–Crippen LogP) is 2.96. The lowest BCUT2D eigenvalue weighted by molar-refractivity contribution is -0.158. The number of ether oxygens (including phenoxy) is 3. The molecule has 2 amide bonds. The number of para-hydroxylation sites is 1. The Morgan fingerprint density at radius 2 is 1.63 bits per heavy atom. The number of carbonyl (C=O) groups is 4. The van der Waals surface area contributed by atoms with Gasteiger partial charge in [-0.3, -0.25) is 24.1 Å². The molecule has 0 saturated heterocycles. The van der Waals surface area contributed by atoms with E-state index in [2.05, 4.69) is 0 Å². The molecule has 0 saturated carbocycles. The maximum Gasteiger partial charge on any atom is 0.326 e. The second kappa shape index (κ2) is 11.0. The van der Waals surface area contributed by atoms with E-state index < -0.39 is 11.6 Å². The molecular formula is C26H30N2O7. The smallest absolute Gasteiger partial charge is 0.326 e. The monoisotopic (exact) mass is 482 g/mol. The molecule has 2 aromatic rings. The van der Waals surface area contributed by atoms with Crippen molar-refractivity contribution in [2.75, 3.05) is 31.2 Å². The van der Waals surface area contributed by atoms with Crippen molar-refractivity contribution in [3.05, 3.63) is 59.7 Å². The summed E-state index contributed by atoms with van der Waals surface area (Å²) in [5.74, 6) is -1.08. The van der Waals surface area contributed by atoms with Gasteiger partial charge in [-0.2, -0.15) is 0 Å². The lowest BCUT2D eigenvalue weighted by Gasteiger charge is -2.24. The van der Waals surface area contributed by atoms with E-state index in [-0.39, 0.29) is 50.6 Å². The molecule has 1 aliphatic heterocycles. The van der Waals surface area contributed by atoms with Crippen molar-refractivity contribution in [2.24, 2.45) is 0 Å². The number of fused-ring (bicyclic) bond motifs is 1. The van der Waals surface area contributed by atoms with Crippen LogP contribution in [0.5, 0.6) is 5.75 Å². The van der Waals surface area contributed by atoms with Gasteiger partial charge in [0.05, 0.1) is 0 Å². The average Bonchev–Trinajstić information content (AvgIpc) is 2.92. The lowest BCUT2D eigenvalue weighted by atomic mass is 10.1. The van der Waals surface area contributed by atoms with E-state index in [0.29, 0.717) is 17.0 Å². The van der Waals surface area contributed by atoms with Gasteiger partial charge in [0, 0.05) is 24.7 Å². The fraction of sp³-hybridized carbons (Fsp3) is 0.385. The Kier molecular flexibility index (Phi) is 8.11. The van der Waals surface area contributed by atoms with Crippen LogP contribution in [0.25, 0.3) is 0 Å². The summed E-state index contributed by atoms with van der Waals surface area (Å²) in [6.07, 6.45) is 0. The molecule has 1 aliphatic rings. The van der Waals surface area contributed by atoms with Crippen LogP contribution in [0.15, 0.2) is 48.5 Å². The van der Waals surface area contributed by atoms with Crippen LogP contribution in [0.1, 0.15) is 43.6 Å². The van der Waals surface area contributed by atoms with E-state index in [9.17, 15) is 19.2 Å². The summed E-state index contributed by atoms with van der Waals surface area (Å²) in [6, 6.07) is 13.7. The van der Waals surface area contributed by atoms with Gasteiger partial charge in [-0.15, -0.1) is 0 Å². The van der Waals surface area contributed by atoms with E-state index in [1.54, 1.807) is 57.2 Å². The summed E-state index contributed by atoms with van der Waals surface area (Å²) in [5.41, 5.74) is 1.07. The number of nitrogens with zero attached hydrogens (tertiary/aromatic N) is 2. The average molecular weight is 483 g/mol. The number of amides is 2. The third-order valence-corrected chi connectivity index (χ3v) is 5.03. The lowest BCUT2D eigenvalue weighted by Crippen LogP contribution is -2.43. The molecular weight excluding hydrogens is 452 g/mol. The summed E-state index contributed by atoms with van der Waals surface area (Å²) >= 11 is 0. The van der Waals surface area contributed by atoms with Crippen molar-refractivity contribution < 1.29 is 33.4 Å². The molecule has 9 nitrogen and oxygen atoms in total. The van der Waals surface area contributed by atoms with Gasteiger partial charge in [0.1, 0.15) is 37.7 Å². The first-order chi connectivity index (χ1) is 16.5. The summed E-state index contributed by atoms with van der Waals surface area (Å²) in [5, 5.41) is 0. The first-order valence-corrected chi connectivity index (χ1v) is 11.3. The zero-order valence-corrected chi connectivity index (χ0v) is 20.4. The molecule has 0 unspecified atom stereocenters. The summed E-state index contributed by atoms with van der Waals surface area (Å²) in [4.78, 5) is 52.4. The van der Waals surface area contributed by atoms with Gasteiger partial charge in [0.15, 0.2) is 0 Å². The van der Waals surface area contributed by atoms with Crippen LogP contribution in [0.2, 0.25) is 0 Å². The minimum absolute atomic E-state index is 0.127. The quantitative estimate of drug-likeness (QED) is 0.442. The van der Waals surface area contributed by atoms with Crippen LogP contribution in [0.3, 0.4) is 0 Å². The normalized spacial score (nSPS) is 13.5. The minimum Gasteiger partial charge on any atom is -0.490 e. The van der Waals surface area contributed by atoms with E-state index in [4.69, 9.17) is 14.2 Å². The van der Waals surface area contributed by atoms with Crippen molar-refractivity contribution in [3.8, 4) is 5.75 Å². The number of benzene rings is 2. The van der Waals surface area contributed by atoms with Gasteiger partial charge in [-0.05, 0) is 56.7 Å². The summed E-state index contributed by atoms with van der Waals surface area (Å²) in [6.45, 7) is 6.71. The second-order valence-electron chi connectivity index (χ2n) is 9.07. The van der Waals surface area contributed by atoms with Gasteiger partial charge in [0.25, 0.3) is 5.91 Å². The molecule has 0 aromatic heterocycles. The highest BCUT2D eigenvalue weighted by molar-refractivity contribution is 6.09. The minimum atomic E-state index is -0.664. The molecule has 1 heterocycles. The van der Waals surface area contributed by atoms with Crippen molar-refractivity contribution in [3.63, 3.8) is 0 Å². The fourth-order valence-corrected chi connectivity index (χ4v) is 3.57. The van der Waals surface area contributed by atoms with E-state index in [0.717, 1.165) is 5.56 Å². The zero-order chi connectivity index (χ0) is 25.6. The number of hydrogen-bond donors (Lipinski definition) is 0. The number of carbonyl (C=O) groups excluding carboxylic acids is 4. The van der Waals surface area contributed by atoms with Crippen molar-refractivity contribution in [1.82, 2.24) is 4.90 Å². The van der Waals surface area contributed by atoms with Crippen LogP contribution in [-0.4, -0.2) is 60.6 Å². The van der Waals surface area contributed by atoms with Crippen LogP contribution in [-0.2, 0) is 30.4 Å². The van der Waals surface area contributed by atoms with Gasteiger partial charge in [0.2, 0.25) is 5.91 Å². The molecule has 0 radical (unpaired) electrons. The van der Waals surface area contributed by atoms with E-state index >= 15 is 0 Å². The molecule has 2 aromatic carbocycles. The predicted molar refractivity (Wildman–Crippen MR) is 128 cm³/mol. The van der Waals surface area contributed by atoms with Crippen molar-refractivity contribution >= 4 is 29.4 Å². The van der Waals surface area contributed by atoms with Crippen molar-refractivity contribution in [1.29, 1.82) is 0 Å². The first-order valence-electron chi connectivity index (χ1n) is 11.3. The number of anilines is 1. The van der Waals surface area contributed by atoms with E-state index in [1.807, 2.05) is 12.1 Å². The Bertz CT molecular complexity index is 1090. The maximum atomic E-state index is 13.4. The molecule has 3 rings (SSSR count). The van der Waals surface area contributed by atoms with Crippen LogP contribution in [0, 0.1) is 0 Å². The number of esters is 2. The number of hydrogen-bond acceptors (Lipinski definition) is 7. The highest BCUT2D eigenvalue weighted by Gasteiger charge is 2.31. The number of rotatable bonds is 7. The highest BCUT2D eigenvalue weighted by Crippen LogP contribution is 2.27. The van der Waals surface area contributed by atoms with Gasteiger partial charge in [-0.25, -0.2) is 0 Å². The largest absolute Gasteiger partial charge is 0.490 e. The summed E-state index contributed by atoms with van der Waals surface area (Å²) < 4.78 is 15.7. The third kappa shape index (κ3) is 7.30. The van der Waals surface area contributed by atoms with Crippen molar-refractivity contribution in [2.45, 2.75) is 39.8 Å². The van der Waals surface area contributed by atoms with Crippen LogP contribution < -0.4 is 9.64 Å². The Morgan fingerprint density at radius 1 is 0.943 bits per heavy atom. The fourth-order valence-electron chi connectivity index (χ4n) is 3.57. The van der Waals surface area contributed by atoms with Gasteiger partial charge < -0.3 is 19.1 Å². The SMILES string of the molecule is CC(=O)OCCOc1ccc(C(=O)N2CC(=O)N(CC(=O)OC(C)(C)C)Cc3ccccc32)cc1. The Hall–Kier alpha value is -3.88. The molecule has 35 heavy (non-hydrogen) atoms. The van der Waals surface area contributed by atoms with Crippen LogP contribution in [0.4, 0.5) is 5.69 Å². The van der Waals surface area contributed by atoms with E-state index in [1.165, 1.54) is 16.7 Å². The maximum absolute atomic E-state index is 13.4.